The quantitative estimate of drug-likeness (QED) is 0.404. The van der Waals surface area contributed by atoms with E-state index in [1.165, 1.54) is 5.56 Å². The molecule has 0 aliphatic carbocycles. The lowest BCUT2D eigenvalue weighted by atomic mass is 9.96. The summed E-state index contributed by atoms with van der Waals surface area (Å²) in [6.07, 6.45) is 4.68. The van der Waals surface area contributed by atoms with E-state index in [0.717, 1.165) is 48.3 Å². The number of aromatic amines is 1. The largest absolute Gasteiger partial charge is 0.496 e. The van der Waals surface area contributed by atoms with Gasteiger partial charge in [0.2, 0.25) is 0 Å². The van der Waals surface area contributed by atoms with E-state index in [1.54, 1.807) is 7.11 Å². The summed E-state index contributed by atoms with van der Waals surface area (Å²) in [4.78, 5) is 15.8. The molecule has 0 saturated carbocycles. The van der Waals surface area contributed by atoms with Crippen molar-refractivity contribution in [2.75, 3.05) is 13.7 Å². The van der Waals surface area contributed by atoms with Crippen LogP contribution in [0.15, 0.2) is 24.3 Å². The van der Waals surface area contributed by atoms with Crippen LogP contribution in [0.2, 0.25) is 0 Å². The van der Waals surface area contributed by atoms with Gasteiger partial charge in [-0.1, -0.05) is 12.1 Å². The standard InChI is InChI=1S/C23H34N2O3/c1-16-9-10-18(14-22(16)28-4)7-5-6-8-21(27)20-13-17(2)19(25-20)11-12-23(3,24)15-26/h9-10,13-14,25-26H,5-8,11-12,15,24H2,1-4H3. The van der Waals surface area contributed by atoms with E-state index in [9.17, 15) is 9.90 Å². The van der Waals surface area contributed by atoms with Crippen LogP contribution < -0.4 is 10.5 Å². The number of aryl methyl sites for hydroxylation is 4. The van der Waals surface area contributed by atoms with E-state index in [0.29, 0.717) is 18.5 Å². The summed E-state index contributed by atoms with van der Waals surface area (Å²) in [5.41, 5.74) is 10.5. The van der Waals surface area contributed by atoms with Gasteiger partial charge in [-0.05, 0) is 81.7 Å². The topological polar surface area (TPSA) is 88.3 Å². The summed E-state index contributed by atoms with van der Waals surface area (Å²) in [6.45, 7) is 5.82. The van der Waals surface area contributed by atoms with Crippen molar-refractivity contribution < 1.29 is 14.6 Å². The second kappa shape index (κ2) is 9.89. The Morgan fingerprint density at radius 1 is 1.18 bits per heavy atom. The molecule has 5 nitrogen and oxygen atoms in total. The number of rotatable bonds is 11. The van der Waals surface area contributed by atoms with Gasteiger partial charge in [0.05, 0.1) is 19.4 Å². The second-order valence-corrected chi connectivity index (χ2v) is 8.09. The zero-order valence-corrected chi connectivity index (χ0v) is 17.6. The molecule has 1 atom stereocenters. The molecule has 1 aromatic carbocycles. The summed E-state index contributed by atoms with van der Waals surface area (Å²) in [5.74, 6) is 1.06. The van der Waals surface area contributed by atoms with Crippen LogP contribution in [0.3, 0.4) is 0 Å². The van der Waals surface area contributed by atoms with Crippen LogP contribution in [0, 0.1) is 13.8 Å². The average molecular weight is 387 g/mol. The first-order chi connectivity index (χ1) is 13.3. The summed E-state index contributed by atoms with van der Waals surface area (Å²) in [7, 11) is 1.69. The number of ether oxygens (including phenoxy) is 1. The molecule has 0 aliphatic rings. The van der Waals surface area contributed by atoms with Gasteiger partial charge in [-0.3, -0.25) is 4.79 Å². The van der Waals surface area contributed by atoms with E-state index < -0.39 is 5.54 Å². The molecule has 0 amide bonds. The zero-order chi connectivity index (χ0) is 20.7. The molecular weight excluding hydrogens is 352 g/mol. The lowest BCUT2D eigenvalue weighted by molar-refractivity contribution is 0.0975. The molecule has 2 aromatic rings. The van der Waals surface area contributed by atoms with Crippen molar-refractivity contribution in [1.82, 2.24) is 4.98 Å². The van der Waals surface area contributed by atoms with E-state index in [2.05, 4.69) is 23.2 Å². The minimum absolute atomic E-state index is 0.0502. The number of H-pyrrole nitrogens is 1. The number of carbonyl (C=O) groups excluding carboxylic acids is 1. The first-order valence-corrected chi connectivity index (χ1v) is 10.0. The van der Waals surface area contributed by atoms with Gasteiger partial charge >= 0.3 is 0 Å². The van der Waals surface area contributed by atoms with Crippen molar-refractivity contribution in [3.8, 4) is 5.75 Å². The smallest absolute Gasteiger partial charge is 0.179 e. The molecule has 0 fully saturated rings. The van der Waals surface area contributed by atoms with Crippen molar-refractivity contribution >= 4 is 5.78 Å². The fourth-order valence-corrected chi connectivity index (χ4v) is 3.27. The molecule has 0 spiro atoms. The molecule has 2 rings (SSSR count). The number of hydrogen-bond acceptors (Lipinski definition) is 4. The predicted octanol–water partition coefficient (Wildman–Crippen LogP) is 3.88. The first kappa shape index (κ1) is 22.2. The fraction of sp³-hybridized carbons (Fsp3) is 0.522. The maximum atomic E-state index is 12.5. The minimum atomic E-state index is -0.597. The number of Topliss-reactive ketones (excluding diaryl/α,β-unsaturated/α-hetero) is 1. The number of unbranched alkanes of at least 4 members (excludes halogenated alkanes) is 1. The summed E-state index contributed by atoms with van der Waals surface area (Å²) >= 11 is 0. The number of aliphatic hydroxyl groups excluding tert-OH is 1. The monoisotopic (exact) mass is 386 g/mol. The molecule has 28 heavy (non-hydrogen) atoms. The molecule has 1 heterocycles. The van der Waals surface area contributed by atoms with Gasteiger partial charge in [0.1, 0.15) is 5.75 Å². The first-order valence-electron chi connectivity index (χ1n) is 10.0. The highest BCUT2D eigenvalue weighted by molar-refractivity contribution is 5.94. The normalized spacial score (nSPS) is 13.4. The lowest BCUT2D eigenvalue weighted by Crippen LogP contribution is -2.40. The Labute approximate surface area is 168 Å². The van der Waals surface area contributed by atoms with Gasteiger partial charge < -0.3 is 20.6 Å². The summed E-state index contributed by atoms with van der Waals surface area (Å²) in [5, 5.41) is 9.28. The van der Waals surface area contributed by atoms with Gasteiger partial charge in [0.15, 0.2) is 5.78 Å². The van der Waals surface area contributed by atoms with Gasteiger partial charge in [-0.2, -0.15) is 0 Å². The average Bonchev–Trinajstić information content (AvgIpc) is 3.05. The predicted molar refractivity (Wildman–Crippen MR) is 113 cm³/mol. The van der Waals surface area contributed by atoms with Crippen molar-refractivity contribution in [3.63, 3.8) is 0 Å². The molecule has 1 aromatic heterocycles. The Morgan fingerprint density at radius 3 is 2.61 bits per heavy atom. The number of nitrogens with one attached hydrogen (secondary N) is 1. The van der Waals surface area contributed by atoms with Crippen LogP contribution in [0.5, 0.6) is 5.75 Å². The highest BCUT2D eigenvalue weighted by Crippen LogP contribution is 2.21. The fourth-order valence-electron chi connectivity index (χ4n) is 3.27. The van der Waals surface area contributed by atoms with Crippen molar-refractivity contribution in [2.45, 2.75) is 64.8 Å². The Kier molecular flexibility index (Phi) is 7.84. The molecule has 1 unspecified atom stereocenters. The third kappa shape index (κ3) is 6.21. The van der Waals surface area contributed by atoms with Crippen LogP contribution in [0.1, 0.15) is 65.5 Å². The van der Waals surface area contributed by atoms with Crippen molar-refractivity contribution in [2.24, 2.45) is 5.73 Å². The van der Waals surface area contributed by atoms with Crippen LogP contribution in [-0.4, -0.2) is 35.1 Å². The third-order valence-electron chi connectivity index (χ3n) is 5.32. The number of hydrogen-bond donors (Lipinski definition) is 3. The number of aliphatic hydroxyl groups is 1. The molecule has 0 saturated heterocycles. The summed E-state index contributed by atoms with van der Waals surface area (Å²) in [6, 6.07) is 8.20. The molecule has 0 aliphatic heterocycles. The number of aromatic nitrogens is 1. The molecular formula is C23H34N2O3. The number of carbonyl (C=O) groups is 1. The Balaban J connectivity index is 1.82. The number of nitrogens with two attached hydrogens (primary N) is 1. The van der Waals surface area contributed by atoms with Gasteiger partial charge in [-0.25, -0.2) is 0 Å². The van der Waals surface area contributed by atoms with Crippen LogP contribution in [0.4, 0.5) is 0 Å². The molecule has 4 N–H and O–H groups in total. The Morgan fingerprint density at radius 2 is 1.93 bits per heavy atom. The highest BCUT2D eigenvalue weighted by Gasteiger charge is 2.18. The minimum Gasteiger partial charge on any atom is -0.496 e. The maximum Gasteiger partial charge on any atom is 0.179 e. The number of benzene rings is 1. The van der Waals surface area contributed by atoms with Crippen molar-refractivity contribution in [3.05, 3.63) is 52.3 Å². The molecule has 5 heteroatoms. The molecule has 0 radical (unpaired) electrons. The molecule has 0 bridgehead atoms. The summed E-state index contributed by atoms with van der Waals surface area (Å²) < 4.78 is 5.37. The van der Waals surface area contributed by atoms with Crippen LogP contribution in [-0.2, 0) is 12.8 Å². The van der Waals surface area contributed by atoms with Crippen molar-refractivity contribution in [1.29, 1.82) is 0 Å². The maximum absolute atomic E-state index is 12.5. The van der Waals surface area contributed by atoms with E-state index >= 15 is 0 Å². The SMILES string of the molecule is COc1cc(CCCCC(=O)c2cc(C)c(CCC(C)(N)CO)[nH]2)ccc1C. The Bertz CT molecular complexity index is 793. The van der Waals surface area contributed by atoms with E-state index in [4.69, 9.17) is 10.5 Å². The lowest BCUT2D eigenvalue weighted by Gasteiger charge is -2.21. The second-order valence-electron chi connectivity index (χ2n) is 8.09. The van der Waals surface area contributed by atoms with Gasteiger partial charge in [0, 0.05) is 17.7 Å². The van der Waals surface area contributed by atoms with Crippen LogP contribution >= 0.6 is 0 Å². The van der Waals surface area contributed by atoms with Gasteiger partial charge in [-0.15, -0.1) is 0 Å². The van der Waals surface area contributed by atoms with Gasteiger partial charge in [0.25, 0.3) is 0 Å². The Hall–Kier alpha value is -2.11. The molecule has 154 valence electrons. The third-order valence-corrected chi connectivity index (χ3v) is 5.32. The van der Waals surface area contributed by atoms with E-state index in [1.807, 2.05) is 26.8 Å². The van der Waals surface area contributed by atoms with E-state index in [-0.39, 0.29) is 12.4 Å². The van der Waals surface area contributed by atoms with Crippen LogP contribution in [0.25, 0.3) is 0 Å². The number of methoxy groups -OCH3 is 1. The highest BCUT2D eigenvalue weighted by atomic mass is 16.5. The zero-order valence-electron chi connectivity index (χ0n) is 17.6. The number of ketones is 1.